The molecular weight excluding hydrogens is 338 g/mol. The Morgan fingerprint density at radius 2 is 2.12 bits per heavy atom. The first-order valence-corrected chi connectivity index (χ1v) is 9.34. The van der Waals surface area contributed by atoms with Gasteiger partial charge < -0.3 is 14.8 Å². The van der Waals surface area contributed by atoms with Crippen molar-refractivity contribution in [3.8, 4) is 11.4 Å². The summed E-state index contributed by atoms with van der Waals surface area (Å²) in [4.78, 5) is 0. The minimum Gasteiger partial charge on any atom is -0.368 e. The number of nitrogens with zero attached hydrogens (tertiary/aromatic N) is 4. The molecule has 0 aliphatic carbocycles. The van der Waals surface area contributed by atoms with Crippen LogP contribution in [0, 0.1) is 5.92 Å². The molecule has 4 heterocycles. The second-order valence-corrected chi connectivity index (χ2v) is 7.33. The third-order valence-corrected chi connectivity index (χ3v) is 4.97. The highest BCUT2D eigenvalue weighted by Gasteiger charge is 2.32. The second-order valence-electron chi connectivity index (χ2n) is 6.55. The van der Waals surface area contributed by atoms with Gasteiger partial charge in [0, 0.05) is 23.9 Å². The van der Waals surface area contributed by atoms with E-state index in [-0.39, 0.29) is 0 Å². The number of anilines is 1. The summed E-state index contributed by atoms with van der Waals surface area (Å²) in [6.45, 7) is 6.32. The number of thiophene rings is 1. The van der Waals surface area contributed by atoms with Gasteiger partial charge in [-0.15, -0.1) is 15.3 Å². The van der Waals surface area contributed by atoms with Crippen LogP contribution >= 0.6 is 11.3 Å². The predicted octanol–water partition coefficient (Wildman–Crippen LogP) is 3.05. The zero-order valence-corrected chi connectivity index (χ0v) is 15.1. The lowest BCUT2D eigenvalue weighted by atomic mass is 10.0. The van der Waals surface area contributed by atoms with Gasteiger partial charge in [-0.1, -0.05) is 6.92 Å². The standard InChI is InChI=1S/C17H21N5O2S/c1-12(9-17(2)23-6-7-24-17)10-18-14-3-4-15-19-20-16(22(15)21-14)13-5-8-25-11-13/h3-5,8,11-12H,6-7,9-10H2,1-2H3,(H,18,21). The van der Waals surface area contributed by atoms with Crippen LogP contribution in [0.1, 0.15) is 20.3 Å². The molecule has 1 saturated heterocycles. The number of hydrogen-bond donors (Lipinski definition) is 1. The van der Waals surface area contributed by atoms with E-state index in [2.05, 4.69) is 27.5 Å². The molecule has 0 bridgehead atoms. The molecule has 8 heteroatoms. The van der Waals surface area contributed by atoms with Crippen LogP contribution in [0.5, 0.6) is 0 Å². The largest absolute Gasteiger partial charge is 0.368 e. The van der Waals surface area contributed by atoms with E-state index >= 15 is 0 Å². The van der Waals surface area contributed by atoms with Gasteiger partial charge in [0.05, 0.1) is 13.2 Å². The van der Waals surface area contributed by atoms with Gasteiger partial charge in [0.2, 0.25) is 0 Å². The van der Waals surface area contributed by atoms with Crippen molar-refractivity contribution in [3.05, 3.63) is 29.0 Å². The van der Waals surface area contributed by atoms with E-state index in [0.29, 0.717) is 19.1 Å². The predicted molar refractivity (Wildman–Crippen MR) is 96.7 cm³/mol. The summed E-state index contributed by atoms with van der Waals surface area (Å²) in [6.07, 6.45) is 0.842. The molecule has 0 spiro atoms. The van der Waals surface area contributed by atoms with Gasteiger partial charge in [-0.2, -0.15) is 15.9 Å². The SMILES string of the molecule is CC(CNc1ccc2nnc(-c3ccsc3)n2n1)CC1(C)OCCO1. The molecule has 132 valence electrons. The molecule has 4 rings (SSSR count). The topological polar surface area (TPSA) is 73.6 Å². The Morgan fingerprint density at radius 3 is 2.88 bits per heavy atom. The summed E-state index contributed by atoms with van der Waals surface area (Å²) >= 11 is 1.63. The molecule has 1 fully saturated rings. The van der Waals surface area contributed by atoms with Crippen molar-refractivity contribution in [3.63, 3.8) is 0 Å². The Kier molecular flexibility index (Phi) is 4.41. The van der Waals surface area contributed by atoms with Crippen LogP contribution in [0.2, 0.25) is 0 Å². The quantitative estimate of drug-likeness (QED) is 0.729. The highest BCUT2D eigenvalue weighted by molar-refractivity contribution is 7.08. The Morgan fingerprint density at radius 1 is 1.28 bits per heavy atom. The molecule has 3 aromatic rings. The first-order chi connectivity index (χ1) is 12.1. The monoisotopic (exact) mass is 359 g/mol. The highest BCUT2D eigenvalue weighted by atomic mass is 32.1. The van der Waals surface area contributed by atoms with Crippen LogP contribution in [0.4, 0.5) is 5.82 Å². The first kappa shape index (κ1) is 16.4. The lowest BCUT2D eigenvalue weighted by Crippen LogP contribution is -2.30. The van der Waals surface area contributed by atoms with Gasteiger partial charge in [-0.3, -0.25) is 0 Å². The normalized spacial score (nSPS) is 17.8. The van der Waals surface area contributed by atoms with Crippen LogP contribution < -0.4 is 5.32 Å². The molecule has 0 radical (unpaired) electrons. The van der Waals surface area contributed by atoms with Crippen LogP contribution in [0.25, 0.3) is 17.0 Å². The van der Waals surface area contributed by atoms with E-state index in [1.54, 1.807) is 15.9 Å². The molecule has 3 aromatic heterocycles. The minimum atomic E-state index is -0.459. The molecule has 1 atom stereocenters. The fraction of sp³-hybridized carbons (Fsp3) is 0.471. The van der Waals surface area contributed by atoms with Gasteiger partial charge in [0.25, 0.3) is 0 Å². The fourth-order valence-electron chi connectivity index (χ4n) is 3.11. The summed E-state index contributed by atoms with van der Waals surface area (Å²) in [5, 5.41) is 20.5. The average molecular weight is 359 g/mol. The molecular formula is C17H21N5O2S. The van der Waals surface area contributed by atoms with Gasteiger partial charge in [0.15, 0.2) is 17.3 Å². The van der Waals surface area contributed by atoms with Crippen molar-refractivity contribution in [2.45, 2.75) is 26.1 Å². The number of ether oxygens (including phenoxy) is 2. The van der Waals surface area contributed by atoms with Crippen LogP contribution in [-0.4, -0.2) is 45.4 Å². The van der Waals surface area contributed by atoms with E-state index in [1.807, 2.05) is 35.9 Å². The summed E-state index contributed by atoms with van der Waals surface area (Å²) in [7, 11) is 0. The second kappa shape index (κ2) is 6.70. The first-order valence-electron chi connectivity index (χ1n) is 8.40. The number of nitrogens with one attached hydrogen (secondary N) is 1. The summed E-state index contributed by atoms with van der Waals surface area (Å²) in [5.74, 6) is 1.49. The highest BCUT2D eigenvalue weighted by Crippen LogP contribution is 2.27. The van der Waals surface area contributed by atoms with Gasteiger partial charge in [-0.25, -0.2) is 0 Å². The van der Waals surface area contributed by atoms with Crippen molar-refractivity contribution >= 4 is 22.8 Å². The van der Waals surface area contributed by atoms with Crippen LogP contribution in [0.15, 0.2) is 29.0 Å². The number of fused-ring (bicyclic) bond motifs is 1. The lowest BCUT2D eigenvalue weighted by Gasteiger charge is -2.26. The molecule has 1 unspecified atom stereocenters. The van der Waals surface area contributed by atoms with E-state index in [4.69, 9.17) is 9.47 Å². The molecule has 7 nitrogen and oxygen atoms in total. The van der Waals surface area contributed by atoms with Crippen molar-refractivity contribution in [1.29, 1.82) is 0 Å². The number of hydrogen-bond acceptors (Lipinski definition) is 7. The van der Waals surface area contributed by atoms with E-state index in [0.717, 1.165) is 35.8 Å². The number of aromatic nitrogens is 4. The maximum atomic E-state index is 5.68. The third kappa shape index (κ3) is 3.51. The van der Waals surface area contributed by atoms with E-state index in [9.17, 15) is 0 Å². The maximum absolute atomic E-state index is 5.68. The molecule has 1 N–H and O–H groups in total. The lowest BCUT2D eigenvalue weighted by molar-refractivity contribution is -0.153. The minimum absolute atomic E-state index is 0.387. The van der Waals surface area contributed by atoms with E-state index < -0.39 is 5.79 Å². The molecule has 1 aliphatic heterocycles. The number of rotatable bonds is 6. The molecule has 0 saturated carbocycles. The third-order valence-electron chi connectivity index (χ3n) is 4.29. The molecule has 0 amide bonds. The van der Waals surface area contributed by atoms with Crippen LogP contribution in [0.3, 0.4) is 0 Å². The van der Waals surface area contributed by atoms with Crippen molar-refractivity contribution in [1.82, 2.24) is 19.8 Å². The molecule has 25 heavy (non-hydrogen) atoms. The van der Waals surface area contributed by atoms with Crippen molar-refractivity contribution in [2.24, 2.45) is 5.92 Å². The van der Waals surface area contributed by atoms with Gasteiger partial charge in [0.1, 0.15) is 5.82 Å². The average Bonchev–Trinajstić information content (AvgIpc) is 3.32. The van der Waals surface area contributed by atoms with Gasteiger partial charge >= 0.3 is 0 Å². The fourth-order valence-corrected chi connectivity index (χ4v) is 3.75. The Balaban J connectivity index is 1.45. The van der Waals surface area contributed by atoms with E-state index in [1.165, 1.54) is 0 Å². The Hall–Kier alpha value is -2.03. The van der Waals surface area contributed by atoms with Crippen molar-refractivity contribution in [2.75, 3.05) is 25.1 Å². The molecule has 1 aliphatic rings. The summed E-state index contributed by atoms with van der Waals surface area (Å²) in [6, 6.07) is 5.87. The van der Waals surface area contributed by atoms with Crippen LogP contribution in [-0.2, 0) is 9.47 Å². The zero-order chi connectivity index (χ0) is 17.3. The Bertz CT molecular complexity index is 842. The molecule has 0 aromatic carbocycles. The van der Waals surface area contributed by atoms with Gasteiger partial charge in [-0.05, 0) is 36.4 Å². The summed E-state index contributed by atoms with van der Waals surface area (Å²) in [5.41, 5.74) is 1.76. The zero-order valence-electron chi connectivity index (χ0n) is 14.3. The smallest absolute Gasteiger partial charge is 0.186 e. The summed E-state index contributed by atoms with van der Waals surface area (Å²) < 4.78 is 13.1. The maximum Gasteiger partial charge on any atom is 0.186 e. The Labute approximate surface area is 150 Å². The van der Waals surface area contributed by atoms with Crippen molar-refractivity contribution < 1.29 is 9.47 Å².